The Morgan fingerprint density at radius 2 is 1.73 bits per heavy atom. The zero-order chi connectivity index (χ0) is 26.4. The summed E-state index contributed by atoms with van der Waals surface area (Å²) in [4.78, 5) is 24.2. The van der Waals surface area contributed by atoms with E-state index >= 15 is 0 Å². The third-order valence-corrected chi connectivity index (χ3v) is 5.38. The highest BCUT2D eigenvalue weighted by atomic mass is 16.6. The van der Waals surface area contributed by atoms with Gasteiger partial charge in [-0.2, -0.15) is 0 Å². The summed E-state index contributed by atoms with van der Waals surface area (Å²) < 4.78 is 10.4. The number of hydrogen-bond donors (Lipinski definition) is 3. The van der Waals surface area contributed by atoms with Crippen LogP contribution >= 0.6 is 0 Å². The van der Waals surface area contributed by atoms with Crippen LogP contribution in [0.3, 0.4) is 0 Å². The van der Waals surface area contributed by atoms with Crippen LogP contribution in [0.5, 0.6) is 17.2 Å². The summed E-state index contributed by atoms with van der Waals surface area (Å²) >= 11 is 0. The van der Waals surface area contributed by atoms with E-state index < -0.39 is 4.92 Å². The van der Waals surface area contributed by atoms with Gasteiger partial charge in [0.25, 0.3) is 5.69 Å². The predicted octanol–water partition coefficient (Wildman–Crippen LogP) is 4.37. The molecule has 11 heteroatoms. The lowest BCUT2D eigenvalue weighted by atomic mass is 10.1. The maximum atomic E-state index is 11.3. The monoisotopic (exact) mass is 500 g/mol. The molecule has 0 saturated heterocycles. The minimum atomic E-state index is -0.461. The molecule has 0 aliphatic heterocycles. The molecular weight excluding hydrogens is 476 g/mol. The van der Waals surface area contributed by atoms with Crippen LogP contribution in [0, 0.1) is 10.1 Å². The lowest BCUT2D eigenvalue weighted by molar-refractivity contribution is -0.384. The molecule has 37 heavy (non-hydrogen) atoms. The van der Waals surface area contributed by atoms with Gasteiger partial charge in [-0.3, -0.25) is 15.4 Å². The molecule has 11 nitrogen and oxygen atoms in total. The van der Waals surface area contributed by atoms with Crippen molar-refractivity contribution in [3.05, 3.63) is 88.5 Å². The molecule has 4 N–H and O–H groups in total. The number of nitro benzene ring substituents is 1. The lowest BCUT2D eigenvalue weighted by Crippen LogP contribution is -2.24. The Bertz CT molecular complexity index is 1460. The number of rotatable bonds is 8. The molecule has 0 fully saturated rings. The molecule has 0 aliphatic rings. The first kappa shape index (κ1) is 24.9. The number of phenols is 1. The van der Waals surface area contributed by atoms with E-state index in [-0.39, 0.29) is 29.9 Å². The first-order valence-electron chi connectivity index (χ1n) is 11.1. The van der Waals surface area contributed by atoms with Gasteiger partial charge in [0.05, 0.1) is 37.1 Å². The second-order valence-electron chi connectivity index (χ2n) is 7.83. The largest absolute Gasteiger partial charge is 0.504 e. The van der Waals surface area contributed by atoms with Crippen molar-refractivity contribution >= 4 is 17.6 Å². The number of guanidine groups is 1. The summed E-state index contributed by atoms with van der Waals surface area (Å²) in [6, 6.07) is 20.1. The van der Waals surface area contributed by atoms with Crippen molar-refractivity contribution in [1.82, 2.24) is 9.97 Å². The highest BCUT2D eigenvalue weighted by molar-refractivity contribution is 5.91. The van der Waals surface area contributed by atoms with Crippen LogP contribution in [-0.2, 0) is 6.54 Å². The first-order chi connectivity index (χ1) is 17.9. The van der Waals surface area contributed by atoms with Crippen molar-refractivity contribution in [1.29, 1.82) is 0 Å². The summed E-state index contributed by atoms with van der Waals surface area (Å²) in [5.41, 5.74) is 9.17. The number of aromatic nitrogens is 2. The van der Waals surface area contributed by atoms with Gasteiger partial charge in [-0.1, -0.05) is 18.2 Å². The van der Waals surface area contributed by atoms with Crippen LogP contribution in [0.15, 0.2) is 77.8 Å². The Morgan fingerprint density at radius 1 is 1.00 bits per heavy atom. The van der Waals surface area contributed by atoms with Crippen LogP contribution < -0.4 is 20.5 Å². The van der Waals surface area contributed by atoms with Gasteiger partial charge in [0, 0.05) is 23.3 Å². The number of aliphatic imine (C=N–C) groups is 1. The summed E-state index contributed by atoms with van der Waals surface area (Å²) in [6.07, 6.45) is 0. The maximum absolute atomic E-state index is 11.3. The standard InChI is InChI=1S/C26H24N6O5/c1-36-20-9-7-17(8-10-20)21-14-22(18-4-3-5-19(13-18)32(34)35)30-26(29-21)31-25(27)28-15-16-6-11-23(33)24(12-16)37-2/h3-14,33H,15H2,1-2H3,(H3,27,28,29,30,31). The number of benzene rings is 3. The number of non-ortho nitro benzene ring substituents is 1. The van der Waals surface area contributed by atoms with E-state index in [1.54, 1.807) is 49.6 Å². The topological polar surface area (TPSA) is 158 Å². The minimum absolute atomic E-state index is 0.0266. The molecule has 4 rings (SSSR count). The van der Waals surface area contributed by atoms with Crippen molar-refractivity contribution in [3.63, 3.8) is 0 Å². The van der Waals surface area contributed by atoms with E-state index in [1.807, 2.05) is 12.1 Å². The number of nitrogens with two attached hydrogens (primary N) is 1. The van der Waals surface area contributed by atoms with Gasteiger partial charge in [0.15, 0.2) is 17.5 Å². The number of hydrogen-bond acceptors (Lipinski definition) is 8. The van der Waals surface area contributed by atoms with E-state index in [4.69, 9.17) is 15.2 Å². The van der Waals surface area contributed by atoms with Gasteiger partial charge in [0.2, 0.25) is 5.95 Å². The third kappa shape index (κ3) is 6.09. The van der Waals surface area contributed by atoms with E-state index in [9.17, 15) is 15.2 Å². The molecule has 0 atom stereocenters. The average molecular weight is 501 g/mol. The van der Waals surface area contributed by atoms with Crippen LogP contribution in [0.1, 0.15) is 5.56 Å². The number of nitrogens with one attached hydrogen (secondary N) is 1. The Balaban J connectivity index is 1.67. The molecule has 3 aromatic carbocycles. The SMILES string of the molecule is COc1ccc(-c2cc(-c3cccc([N+](=O)[O-])c3)nc(NC(N)=NCc3ccc(O)c(OC)c3)n2)cc1. The van der Waals surface area contributed by atoms with E-state index in [0.717, 1.165) is 11.1 Å². The van der Waals surface area contributed by atoms with Gasteiger partial charge < -0.3 is 20.3 Å². The molecule has 0 bridgehead atoms. The molecular formula is C26H24N6O5. The third-order valence-electron chi connectivity index (χ3n) is 5.38. The Hall–Kier alpha value is -5.19. The zero-order valence-corrected chi connectivity index (χ0v) is 20.1. The quantitative estimate of drug-likeness (QED) is 0.138. The second kappa shape index (κ2) is 11.0. The number of nitro groups is 1. The first-order valence-corrected chi connectivity index (χ1v) is 11.1. The highest BCUT2D eigenvalue weighted by Crippen LogP contribution is 2.29. The Morgan fingerprint density at radius 3 is 2.41 bits per heavy atom. The lowest BCUT2D eigenvalue weighted by Gasteiger charge is -2.11. The van der Waals surface area contributed by atoms with Crippen molar-refractivity contribution in [2.45, 2.75) is 6.54 Å². The highest BCUT2D eigenvalue weighted by Gasteiger charge is 2.13. The van der Waals surface area contributed by atoms with Gasteiger partial charge in [-0.25, -0.2) is 15.0 Å². The van der Waals surface area contributed by atoms with E-state index in [1.165, 1.54) is 25.3 Å². The molecule has 1 aromatic heterocycles. The number of methoxy groups -OCH3 is 2. The van der Waals surface area contributed by atoms with Crippen LogP contribution in [-0.4, -0.2) is 40.2 Å². The van der Waals surface area contributed by atoms with Crippen LogP contribution in [0.4, 0.5) is 11.6 Å². The fourth-order valence-corrected chi connectivity index (χ4v) is 3.49. The number of phenolic OH excluding ortho intramolecular Hbond substituents is 1. The molecule has 1 heterocycles. The van der Waals surface area contributed by atoms with Gasteiger partial charge in [-0.05, 0) is 48.0 Å². The van der Waals surface area contributed by atoms with Gasteiger partial charge in [-0.15, -0.1) is 0 Å². The number of nitrogens with zero attached hydrogens (tertiary/aromatic N) is 4. The van der Waals surface area contributed by atoms with Crippen molar-refractivity contribution in [2.24, 2.45) is 10.7 Å². The van der Waals surface area contributed by atoms with Gasteiger partial charge in [0.1, 0.15) is 5.75 Å². The fourth-order valence-electron chi connectivity index (χ4n) is 3.49. The molecule has 4 aromatic rings. The van der Waals surface area contributed by atoms with Crippen molar-refractivity contribution < 1.29 is 19.5 Å². The zero-order valence-electron chi connectivity index (χ0n) is 20.1. The molecule has 0 spiro atoms. The van der Waals surface area contributed by atoms with Crippen molar-refractivity contribution in [3.8, 4) is 39.8 Å². The van der Waals surface area contributed by atoms with Gasteiger partial charge >= 0.3 is 0 Å². The maximum Gasteiger partial charge on any atom is 0.270 e. The van der Waals surface area contributed by atoms with Crippen LogP contribution in [0.2, 0.25) is 0 Å². The fraction of sp³-hybridized carbons (Fsp3) is 0.115. The predicted molar refractivity (Wildman–Crippen MR) is 140 cm³/mol. The van der Waals surface area contributed by atoms with Crippen LogP contribution in [0.25, 0.3) is 22.5 Å². The number of aromatic hydroxyl groups is 1. The number of anilines is 1. The summed E-state index contributed by atoms with van der Waals surface area (Å²) in [7, 11) is 3.04. The molecule has 188 valence electrons. The second-order valence-corrected chi connectivity index (χ2v) is 7.83. The Kier molecular flexibility index (Phi) is 7.43. The average Bonchev–Trinajstić information content (AvgIpc) is 2.92. The molecule has 0 unspecified atom stereocenters. The molecule has 0 saturated carbocycles. The minimum Gasteiger partial charge on any atom is -0.504 e. The normalized spacial score (nSPS) is 11.1. The number of ether oxygens (including phenoxy) is 2. The van der Waals surface area contributed by atoms with E-state index in [0.29, 0.717) is 28.5 Å². The molecule has 0 amide bonds. The smallest absolute Gasteiger partial charge is 0.270 e. The Labute approximate surface area is 212 Å². The molecule has 0 radical (unpaired) electrons. The molecule has 0 aliphatic carbocycles. The summed E-state index contributed by atoms with van der Waals surface area (Å²) in [5.74, 6) is 1.27. The van der Waals surface area contributed by atoms with E-state index in [2.05, 4.69) is 20.3 Å². The summed E-state index contributed by atoms with van der Waals surface area (Å²) in [6.45, 7) is 0.214. The van der Waals surface area contributed by atoms with Crippen molar-refractivity contribution in [2.75, 3.05) is 19.5 Å². The summed E-state index contributed by atoms with van der Waals surface area (Å²) in [5, 5.41) is 24.0.